The molecule has 0 saturated heterocycles. The lowest BCUT2D eigenvalue weighted by molar-refractivity contribution is 0.614. The molecule has 1 aromatic heterocycles. The van der Waals surface area contributed by atoms with Crippen LogP contribution in [0.3, 0.4) is 0 Å². The fraction of sp³-hybridized carbons (Fsp3) is 0.636. The van der Waals surface area contributed by atoms with E-state index in [1.807, 2.05) is 6.92 Å². The van der Waals surface area contributed by atoms with Crippen LogP contribution < -0.4 is 0 Å². The van der Waals surface area contributed by atoms with Crippen LogP contribution in [0.2, 0.25) is 5.15 Å². The first kappa shape index (κ1) is 10.5. The molecular formula is C11H14ClN3. The van der Waals surface area contributed by atoms with E-state index in [0.29, 0.717) is 16.6 Å². The van der Waals surface area contributed by atoms with E-state index in [-0.39, 0.29) is 0 Å². The monoisotopic (exact) mass is 223 g/mol. The Kier molecular flexibility index (Phi) is 2.97. The molecule has 4 heteroatoms. The summed E-state index contributed by atoms with van der Waals surface area (Å²) in [5.74, 6) is 0.449. The summed E-state index contributed by atoms with van der Waals surface area (Å²) < 4.78 is 1.72. The zero-order chi connectivity index (χ0) is 10.8. The highest BCUT2D eigenvalue weighted by Crippen LogP contribution is 2.36. The first-order chi connectivity index (χ1) is 7.27. The van der Waals surface area contributed by atoms with Crippen LogP contribution in [0.1, 0.15) is 49.8 Å². The summed E-state index contributed by atoms with van der Waals surface area (Å²) >= 11 is 6.09. The molecule has 0 atom stereocenters. The van der Waals surface area contributed by atoms with Crippen molar-refractivity contribution in [3.63, 3.8) is 0 Å². The number of nitriles is 1. The Morgan fingerprint density at radius 3 is 2.73 bits per heavy atom. The fourth-order valence-electron chi connectivity index (χ4n) is 2.26. The Balaban J connectivity index is 2.42. The van der Waals surface area contributed by atoms with Gasteiger partial charge in [-0.3, -0.25) is 4.68 Å². The average Bonchev–Trinajstić information content (AvgIpc) is 2.84. The first-order valence-electron chi connectivity index (χ1n) is 5.44. The minimum Gasteiger partial charge on any atom is -0.253 e. The van der Waals surface area contributed by atoms with Crippen LogP contribution >= 0.6 is 11.6 Å². The van der Waals surface area contributed by atoms with Crippen molar-refractivity contribution in [1.29, 1.82) is 5.26 Å². The molecule has 0 N–H and O–H groups in total. The van der Waals surface area contributed by atoms with Gasteiger partial charge in [-0.15, -0.1) is 0 Å². The van der Waals surface area contributed by atoms with E-state index < -0.39 is 0 Å². The third-order valence-corrected chi connectivity index (χ3v) is 3.45. The molecule has 15 heavy (non-hydrogen) atoms. The summed E-state index contributed by atoms with van der Waals surface area (Å²) in [7, 11) is 0. The van der Waals surface area contributed by atoms with Crippen LogP contribution in [0, 0.1) is 11.3 Å². The first-order valence-corrected chi connectivity index (χ1v) is 5.82. The lowest BCUT2D eigenvalue weighted by atomic mass is 10.0. The normalized spacial score (nSPS) is 16.9. The second kappa shape index (κ2) is 4.24. The molecule has 0 spiro atoms. The molecule has 2 rings (SSSR count). The molecule has 0 amide bonds. The molecule has 1 fully saturated rings. The predicted octanol–water partition coefficient (Wildman–Crippen LogP) is 3.09. The Morgan fingerprint density at radius 2 is 2.20 bits per heavy atom. The van der Waals surface area contributed by atoms with Crippen molar-refractivity contribution < 1.29 is 0 Å². The molecule has 0 aliphatic heterocycles. The van der Waals surface area contributed by atoms with Gasteiger partial charge in [0.2, 0.25) is 0 Å². The number of hydrogen-bond donors (Lipinski definition) is 0. The van der Waals surface area contributed by atoms with Crippen LogP contribution in [0.5, 0.6) is 0 Å². The van der Waals surface area contributed by atoms with Crippen LogP contribution in [0.15, 0.2) is 0 Å². The molecule has 0 aromatic carbocycles. The Hall–Kier alpha value is -1.01. The van der Waals surface area contributed by atoms with Gasteiger partial charge in [0.05, 0.1) is 5.69 Å². The van der Waals surface area contributed by atoms with E-state index in [4.69, 9.17) is 16.9 Å². The van der Waals surface area contributed by atoms with Crippen molar-refractivity contribution in [1.82, 2.24) is 9.78 Å². The standard InChI is InChI=1S/C11H14ClN3/c1-2-15-11(12)9(7-13)10(14-15)8-5-3-4-6-8/h8H,2-6H2,1H3. The van der Waals surface area contributed by atoms with Gasteiger partial charge in [0, 0.05) is 12.5 Å². The van der Waals surface area contributed by atoms with E-state index in [1.165, 1.54) is 12.8 Å². The van der Waals surface area contributed by atoms with Crippen LogP contribution in [0.25, 0.3) is 0 Å². The summed E-state index contributed by atoms with van der Waals surface area (Å²) in [6.45, 7) is 2.71. The molecule has 1 saturated carbocycles. The zero-order valence-corrected chi connectivity index (χ0v) is 9.59. The van der Waals surface area contributed by atoms with E-state index in [1.54, 1.807) is 4.68 Å². The zero-order valence-electron chi connectivity index (χ0n) is 8.83. The maximum absolute atomic E-state index is 9.08. The SMILES string of the molecule is CCn1nc(C2CCCC2)c(C#N)c1Cl. The maximum atomic E-state index is 9.08. The van der Waals surface area contributed by atoms with Crippen molar-refractivity contribution >= 4 is 11.6 Å². The number of aryl methyl sites for hydroxylation is 1. The summed E-state index contributed by atoms with van der Waals surface area (Å²) in [4.78, 5) is 0. The smallest absolute Gasteiger partial charge is 0.145 e. The van der Waals surface area contributed by atoms with Crippen molar-refractivity contribution in [3.05, 3.63) is 16.4 Å². The highest BCUT2D eigenvalue weighted by molar-refractivity contribution is 6.30. The topological polar surface area (TPSA) is 41.6 Å². The predicted molar refractivity (Wildman–Crippen MR) is 58.8 cm³/mol. The number of halogens is 1. The summed E-state index contributed by atoms with van der Waals surface area (Å²) in [6.07, 6.45) is 4.77. The second-order valence-corrected chi connectivity index (χ2v) is 4.32. The third kappa shape index (κ3) is 1.74. The van der Waals surface area contributed by atoms with Gasteiger partial charge in [0.25, 0.3) is 0 Å². The van der Waals surface area contributed by atoms with E-state index in [9.17, 15) is 0 Å². The Bertz CT molecular complexity index is 397. The minimum absolute atomic E-state index is 0.449. The summed E-state index contributed by atoms with van der Waals surface area (Å²) in [5, 5.41) is 14.0. The molecule has 0 unspecified atom stereocenters. The molecule has 1 aliphatic carbocycles. The van der Waals surface area contributed by atoms with Gasteiger partial charge in [-0.25, -0.2) is 0 Å². The average molecular weight is 224 g/mol. The lowest BCUT2D eigenvalue weighted by Crippen LogP contribution is -1.99. The van der Waals surface area contributed by atoms with Crippen molar-refractivity contribution in [2.75, 3.05) is 0 Å². The molecular weight excluding hydrogens is 210 g/mol. The van der Waals surface area contributed by atoms with Crippen molar-refractivity contribution in [2.24, 2.45) is 0 Å². The second-order valence-electron chi connectivity index (χ2n) is 3.96. The Labute approximate surface area is 94.6 Å². The maximum Gasteiger partial charge on any atom is 0.145 e. The van der Waals surface area contributed by atoms with Gasteiger partial charge in [-0.2, -0.15) is 10.4 Å². The Morgan fingerprint density at radius 1 is 1.53 bits per heavy atom. The molecule has 1 aliphatic rings. The van der Waals surface area contributed by atoms with Gasteiger partial charge in [-0.1, -0.05) is 24.4 Å². The van der Waals surface area contributed by atoms with Gasteiger partial charge in [0.1, 0.15) is 16.8 Å². The largest absolute Gasteiger partial charge is 0.253 e. The van der Waals surface area contributed by atoms with Gasteiger partial charge < -0.3 is 0 Å². The van der Waals surface area contributed by atoms with Gasteiger partial charge in [-0.05, 0) is 19.8 Å². The van der Waals surface area contributed by atoms with Crippen molar-refractivity contribution in [3.8, 4) is 6.07 Å². The molecule has 0 bridgehead atoms. The number of rotatable bonds is 2. The number of aromatic nitrogens is 2. The highest BCUT2D eigenvalue weighted by atomic mass is 35.5. The molecule has 3 nitrogen and oxygen atoms in total. The van der Waals surface area contributed by atoms with Crippen LogP contribution in [-0.4, -0.2) is 9.78 Å². The minimum atomic E-state index is 0.449. The highest BCUT2D eigenvalue weighted by Gasteiger charge is 2.25. The van der Waals surface area contributed by atoms with E-state index in [0.717, 1.165) is 25.1 Å². The third-order valence-electron chi connectivity index (χ3n) is 3.07. The number of nitrogens with zero attached hydrogens (tertiary/aromatic N) is 3. The summed E-state index contributed by atoms with van der Waals surface area (Å²) in [5.41, 5.74) is 1.51. The molecule has 80 valence electrons. The van der Waals surface area contributed by atoms with Crippen LogP contribution in [0.4, 0.5) is 0 Å². The van der Waals surface area contributed by atoms with E-state index >= 15 is 0 Å². The summed E-state index contributed by atoms with van der Waals surface area (Å²) in [6, 6.07) is 2.18. The quantitative estimate of drug-likeness (QED) is 0.773. The number of hydrogen-bond acceptors (Lipinski definition) is 2. The van der Waals surface area contributed by atoms with Crippen molar-refractivity contribution in [2.45, 2.75) is 45.1 Å². The molecule has 1 heterocycles. The molecule has 0 radical (unpaired) electrons. The lowest BCUT2D eigenvalue weighted by Gasteiger charge is -2.04. The van der Waals surface area contributed by atoms with Gasteiger partial charge in [0.15, 0.2) is 0 Å². The fourth-order valence-corrected chi connectivity index (χ4v) is 2.55. The molecule has 1 aromatic rings. The van der Waals surface area contributed by atoms with Gasteiger partial charge >= 0.3 is 0 Å². The van der Waals surface area contributed by atoms with Crippen LogP contribution in [-0.2, 0) is 6.54 Å². The van der Waals surface area contributed by atoms with E-state index in [2.05, 4.69) is 11.2 Å².